The van der Waals surface area contributed by atoms with Gasteiger partial charge in [-0.15, -0.1) is 0 Å². The maximum atomic E-state index is 13.1. The lowest BCUT2D eigenvalue weighted by Crippen LogP contribution is -2.51. The Morgan fingerprint density at radius 1 is 1.03 bits per heavy atom. The van der Waals surface area contributed by atoms with Gasteiger partial charge < -0.3 is 10.2 Å². The summed E-state index contributed by atoms with van der Waals surface area (Å²) in [6.45, 7) is 8.79. The standard InChI is InChI=1S/C27H41ClN2O/c1-3-9-30(10-4-2)11-5-6-20-7-8-25(28)24(15-20)26(31)29-19-27-16-21-12-22(17-27)14-23(13-21)18-27/h7-8,15,21-23H,3-6,9-14,16-19H2,1-2H3,(H,29,31). The first-order chi connectivity index (χ1) is 15.0. The minimum atomic E-state index is 0.0150. The molecule has 0 aliphatic heterocycles. The van der Waals surface area contributed by atoms with Gasteiger partial charge in [0.1, 0.15) is 0 Å². The molecule has 3 nitrogen and oxygen atoms in total. The van der Waals surface area contributed by atoms with Gasteiger partial charge in [-0.1, -0.05) is 31.5 Å². The summed E-state index contributed by atoms with van der Waals surface area (Å²) in [7, 11) is 0. The van der Waals surface area contributed by atoms with Crippen molar-refractivity contribution in [2.24, 2.45) is 23.2 Å². The van der Waals surface area contributed by atoms with Gasteiger partial charge in [0.05, 0.1) is 10.6 Å². The third-order valence-corrected chi connectivity index (χ3v) is 8.41. The van der Waals surface area contributed by atoms with Crippen molar-refractivity contribution < 1.29 is 4.79 Å². The van der Waals surface area contributed by atoms with Crippen molar-refractivity contribution in [1.82, 2.24) is 10.2 Å². The predicted molar refractivity (Wildman–Crippen MR) is 130 cm³/mol. The Balaban J connectivity index is 1.32. The van der Waals surface area contributed by atoms with E-state index in [1.807, 2.05) is 12.1 Å². The first-order valence-electron chi connectivity index (χ1n) is 12.8. The summed E-state index contributed by atoms with van der Waals surface area (Å²) in [5.74, 6) is 2.75. The van der Waals surface area contributed by atoms with Crippen LogP contribution in [0.1, 0.15) is 87.6 Å². The minimum Gasteiger partial charge on any atom is -0.351 e. The number of hydrogen-bond donors (Lipinski definition) is 1. The lowest BCUT2D eigenvalue weighted by atomic mass is 9.49. The average Bonchev–Trinajstić information content (AvgIpc) is 2.72. The Morgan fingerprint density at radius 3 is 2.23 bits per heavy atom. The Labute approximate surface area is 194 Å². The van der Waals surface area contributed by atoms with Crippen LogP contribution in [0.4, 0.5) is 0 Å². The van der Waals surface area contributed by atoms with Gasteiger partial charge in [-0.25, -0.2) is 0 Å². The van der Waals surface area contributed by atoms with E-state index in [0.717, 1.165) is 43.7 Å². The molecule has 4 fully saturated rings. The van der Waals surface area contributed by atoms with E-state index >= 15 is 0 Å². The van der Waals surface area contributed by atoms with Crippen LogP contribution in [0.15, 0.2) is 18.2 Å². The van der Waals surface area contributed by atoms with Gasteiger partial charge in [-0.2, -0.15) is 0 Å². The number of carbonyl (C=O) groups excluding carboxylic acids is 1. The molecule has 4 heteroatoms. The zero-order chi connectivity index (χ0) is 21.8. The van der Waals surface area contributed by atoms with Crippen molar-refractivity contribution in [3.8, 4) is 0 Å². The highest BCUT2D eigenvalue weighted by Gasteiger charge is 2.50. The van der Waals surface area contributed by atoms with E-state index in [4.69, 9.17) is 11.6 Å². The average molecular weight is 445 g/mol. The van der Waals surface area contributed by atoms with Crippen molar-refractivity contribution >= 4 is 17.5 Å². The second-order valence-electron chi connectivity index (χ2n) is 10.9. The lowest BCUT2D eigenvalue weighted by molar-refractivity contribution is -0.0503. The number of halogens is 1. The lowest BCUT2D eigenvalue weighted by Gasteiger charge is -2.56. The Bertz CT molecular complexity index is 720. The van der Waals surface area contributed by atoms with Gasteiger partial charge in [0.15, 0.2) is 0 Å². The van der Waals surface area contributed by atoms with Crippen LogP contribution in [-0.4, -0.2) is 37.0 Å². The van der Waals surface area contributed by atoms with Gasteiger partial charge in [0, 0.05) is 6.54 Å². The predicted octanol–water partition coefficient (Wildman–Crippen LogP) is 6.34. The van der Waals surface area contributed by atoms with Crippen LogP contribution >= 0.6 is 11.6 Å². The molecule has 0 aromatic heterocycles. The highest BCUT2D eigenvalue weighted by Crippen LogP contribution is 2.59. The van der Waals surface area contributed by atoms with E-state index in [2.05, 4.69) is 30.1 Å². The van der Waals surface area contributed by atoms with E-state index in [9.17, 15) is 4.79 Å². The number of rotatable bonds is 11. The maximum absolute atomic E-state index is 13.1. The Hall–Kier alpha value is -1.06. The van der Waals surface area contributed by atoms with Gasteiger partial charge in [-0.3, -0.25) is 4.79 Å². The van der Waals surface area contributed by atoms with Gasteiger partial charge in [0.25, 0.3) is 5.91 Å². The quantitative estimate of drug-likeness (QED) is 0.431. The van der Waals surface area contributed by atoms with Gasteiger partial charge in [-0.05, 0) is 125 Å². The van der Waals surface area contributed by atoms with E-state index in [1.54, 1.807) is 0 Å². The third kappa shape index (κ3) is 5.66. The molecule has 4 bridgehead atoms. The summed E-state index contributed by atoms with van der Waals surface area (Å²) in [6, 6.07) is 6.02. The van der Waals surface area contributed by atoms with Crippen molar-refractivity contribution in [2.45, 2.75) is 78.1 Å². The zero-order valence-corrected chi connectivity index (χ0v) is 20.4. The number of nitrogens with one attached hydrogen (secondary N) is 1. The molecular weight excluding hydrogens is 404 g/mol. The van der Waals surface area contributed by atoms with Crippen molar-refractivity contribution in [2.75, 3.05) is 26.2 Å². The molecule has 1 aromatic rings. The molecule has 4 aliphatic carbocycles. The number of benzene rings is 1. The van der Waals surface area contributed by atoms with Gasteiger partial charge in [0.2, 0.25) is 0 Å². The minimum absolute atomic E-state index is 0.0150. The second-order valence-corrected chi connectivity index (χ2v) is 11.3. The Kier molecular flexibility index (Phi) is 7.64. The number of aryl methyl sites for hydroxylation is 1. The van der Waals surface area contributed by atoms with Crippen LogP contribution in [0.25, 0.3) is 0 Å². The zero-order valence-electron chi connectivity index (χ0n) is 19.6. The van der Waals surface area contributed by atoms with Crippen molar-refractivity contribution in [3.05, 3.63) is 34.3 Å². The highest BCUT2D eigenvalue weighted by molar-refractivity contribution is 6.33. The molecule has 0 heterocycles. The molecule has 5 rings (SSSR count). The molecule has 1 N–H and O–H groups in total. The second kappa shape index (κ2) is 10.3. The molecule has 0 radical (unpaired) electrons. The summed E-state index contributed by atoms with van der Waals surface area (Å²) in [5, 5.41) is 3.87. The molecule has 1 amide bonds. The number of amides is 1. The SMILES string of the molecule is CCCN(CCC)CCCc1ccc(Cl)c(C(=O)NCC23CC4CC(CC(C4)C2)C3)c1. The molecule has 4 saturated carbocycles. The first kappa shape index (κ1) is 23.1. The fourth-order valence-corrected chi connectivity index (χ4v) is 7.45. The number of nitrogens with zero attached hydrogens (tertiary/aromatic N) is 1. The molecule has 0 saturated heterocycles. The summed E-state index contributed by atoms with van der Waals surface area (Å²) in [5.41, 5.74) is 2.23. The number of carbonyl (C=O) groups is 1. The third-order valence-electron chi connectivity index (χ3n) is 8.08. The van der Waals surface area contributed by atoms with E-state index < -0.39 is 0 Å². The molecule has 0 atom stereocenters. The molecule has 4 aliphatic rings. The topological polar surface area (TPSA) is 32.3 Å². The van der Waals surface area contributed by atoms with E-state index in [1.165, 1.54) is 70.0 Å². The molecule has 1 aromatic carbocycles. The number of hydrogen-bond acceptors (Lipinski definition) is 2. The highest BCUT2D eigenvalue weighted by atomic mass is 35.5. The monoisotopic (exact) mass is 444 g/mol. The van der Waals surface area contributed by atoms with Gasteiger partial charge >= 0.3 is 0 Å². The van der Waals surface area contributed by atoms with E-state index in [-0.39, 0.29) is 5.91 Å². The Morgan fingerprint density at radius 2 is 1.65 bits per heavy atom. The summed E-state index contributed by atoms with van der Waals surface area (Å²) in [4.78, 5) is 15.6. The van der Waals surface area contributed by atoms with Crippen LogP contribution in [0.5, 0.6) is 0 Å². The normalized spacial score (nSPS) is 29.0. The largest absolute Gasteiger partial charge is 0.351 e. The van der Waals surface area contributed by atoms with Crippen molar-refractivity contribution in [3.63, 3.8) is 0 Å². The molecule has 0 unspecified atom stereocenters. The molecule has 172 valence electrons. The van der Waals surface area contributed by atoms with Crippen LogP contribution in [-0.2, 0) is 6.42 Å². The first-order valence-corrected chi connectivity index (χ1v) is 13.2. The summed E-state index contributed by atoms with van der Waals surface area (Å²) in [6.07, 6.45) is 12.8. The molecule has 31 heavy (non-hydrogen) atoms. The fraction of sp³-hybridized carbons (Fsp3) is 0.741. The summed E-state index contributed by atoms with van der Waals surface area (Å²) >= 11 is 6.44. The maximum Gasteiger partial charge on any atom is 0.252 e. The van der Waals surface area contributed by atoms with Crippen LogP contribution in [0, 0.1) is 23.2 Å². The van der Waals surface area contributed by atoms with E-state index in [0.29, 0.717) is 16.0 Å². The van der Waals surface area contributed by atoms with Crippen molar-refractivity contribution in [1.29, 1.82) is 0 Å². The van der Waals surface area contributed by atoms with Crippen LogP contribution in [0.3, 0.4) is 0 Å². The van der Waals surface area contributed by atoms with Crippen LogP contribution < -0.4 is 5.32 Å². The fourth-order valence-electron chi connectivity index (χ4n) is 7.25. The smallest absolute Gasteiger partial charge is 0.252 e. The molecule has 0 spiro atoms. The van der Waals surface area contributed by atoms with Crippen LogP contribution in [0.2, 0.25) is 5.02 Å². The summed E-state index contributed by atoms with van der Waals surface area (Å²) < 4.78 is 0. The molecular formula is C27H41ClN2O.